The van der Waals surface area contributed by atoms with Crippen molar-refractivity contribution < 1.29 is 9.47 Å². The molecule has 25 heavy (non-hydrogen) atoms. The fourth-order valence-corrected chi connectivity index (χ4v) is 5.89. The van der Waals surface area contributed by atoms with Gasteiger partial charge in [-0.2, -0.15) is 0 Å². The minimum Gasteiger partial charge on any atom is -0.494 e. The Morgan fingerprint density at radius 3 is 2.28 bits per heavy atom. The number of hydrogen-bond acceptors (Lipinski definition) is 2. The van der Waals surface area contributed by atoms with Crippen molar-refractivity contribution in [2.24, 2.45) is 0 Å². The molecule has 1 saturated heterocycles. The molecule has 0 spiro atoms. The van der Waals surface area contributed by atoms with Gasteiger partial charge < -0.3 is 9.47 Å². The largest absolute Gasteiger partial charge is 0.494 e. The van der Waals surface area contributed by atoms with E-state index in [-0.39, 0.29) is 0 Å². The molecule has 1 fully saturated rings. The van der Waals surface area contributed by atoms with Gasteiger partial charge >= 0.3 is 0 Å². The first kappa shape index (κ1) is 18.4. The second-order valence-electron chi connectivity index (χ2n) is 6.79. The molecular formula is C22H31O2S+. The van der Waals surface area contributed by atoms with Gasteiger partial charge in [0.25, 0.3) is 0 Å². The summed E-state index contributed by atoms with van der Waals surface area (Å²) in [5.74, 6) is 4.72. The van der Waals surface area contributed by atoms with Crippen LogP contribution in [0.15, 0.2) is 35.2 Å². The van der Waals surface area contributed by atoms with Crippen molar-refractivity contribution in [1.82, 2.24) is 0 Å². The summed E-state index contributed by atoms with van der Waals surface area (Å²) in [5.41, 5.74) is 0. The smallest absolute Gasteiger partial charge is 0.204 e. The SMILES string of the molecule is CCCCOc1ccc2ccc(OCCCC)c([S+]3CCCC3)c2c1. The first-order valence-corrected chi connectivity index (χ1v) is 11.4. The fraction of sp³-hybridized carbons (Fsp3) is 0.545. The molecule has 0 saturated carbocycles. The highest BCUT2D eigenvalue weighted by molar-refractivity contribution is 7.97. The van der Waals surface area contributed by atoms with Gasteiger partial charge in [-0.15, -0.1) is 0 Å². The summed E-state index contributed by atoms with van der Waals surface area (Å²) in [6.07, 6.45) is 7.25. The Balaban J connectivity index is 1.95. The van der Waals surface area contributed by atoms with E-state index in [1.807, 2.05) is 0 Å². The van der Waals surface area contributed by atoms with Gasteiger partial charge in [-0.1, -0.05) is 38.8 Å². The van der Waals surface area contributed by atoms with E-state index in [1.54, 1.807) is 0 Å². The van der Waals surface area contributed by atoms with Crippen molar-refractivity contribution in [2.45, 2.75) is 57.3 Å². The molecule has 0 atom stereocenters. The van der Waals surface area contributed by atoms with Crippen LogP contribution in [0.4, 0.5) is 0 Å². The zero-order valence-corrected chi connectivity index (χ0v) is 16.5. The Morgan fingerprint density at radius 1 is 0.880 bits per heavy atom. The molecule has 1 aliphatic rings. The lowest BCUT2D eigenvalue weighted by Gasteiger charge is -2.14. The minimum atomic E-state index is 0.322. The summed E-state index contributed by atoms with van der Waals surface area (Å²) in [4.78, 5) is 1.45. The molecular weight excluding hydrogens is 328 g/mol. The molecule has 3 rings (SSSR count). The second-order valence-corrected chi connectivity index (χ2v) is 9.00. The first-order chi connectivity index (χ1) is 12.3. The Kier molecular flexibility index (Phi) is 6.92. The van der Waals surface area contributed by atoms with Crippen molar-refractivity contribution in [3.63, 3.8) is 0 Å². The maximum Gasteiger partial charge on any atom is 0.204 e. The molecule has 3 heteroatoms. The van der Waals surface area contributed by atoms with Gasteiger partial charge in [0.05, 0.1) is 13.2 Å². The predicted octanol–water partition coefficient (Wildman–Crippen LogP) is 5.97. The summed E-state index contributed by atoms with van der Waals surface area (Å²) in [6, 6.07) is 11.0. The van der Waals surface area contributed by atoms with Gasteiger partial charge in [-0.3, -0.25) is 0 Å². The highest BCUT2D eigenvalue weighted by Gasteiger charge is 2.32. The minimum absolute atomic E-state index is 0.322. The number of hydrogen-bond donors (Lipinski definition) is 0. The Hall–Kier alpha value is -1.35. The molecule has 136 valence electrons. The highest BCUT2D eigenvalue weighted by atomic mass is 32.2. The molecule has 0 radical (unpaired) electrons. The van der Waals surface area contributed by atoms with Crippen LogP contribution in [0.5, 0.6) is 11.5 Å². The van der Waals surface area contributed by atoms with E-state index in [0.717, 1.165) is 44.0 Å². The first-order valence-electron chi connectivity index (χ1n) is 9.83. The van der Waals surface area contributed by atoms with Crippen LogP contribution < -0.4 is 9.47 Å². The average molecular weight is 360 g/mol. The van der Waals surface area contributed by atoms with Crippen molar-refractivity contribution in [1.29, 1.82) is 0 Å². The number of ether oxygens (including phenoxy) is 2. The Labute approximate surface area is 155 Å². The lowest BCUT2D eigenvalue weighted by molar-refractivity contribution is 0.303. The molecule has 2 aromatic carbocycles. The molecule has 0 aliphatic carbocycles. The number of benzene rings is 2. The summed E-state index contributed by atoms with van der Waals surface area (Å²) in [6.45, 7) is 6.03. The summed E-state index contributed by atoms with van der Waals surface area (Å²) >= 11 is 0. The third-order valence-electron chi connectivity index (χ3n) is 4.75. The van der Waals surface area contributed by atoms with Gasteiger partial charge in [0.2, 0.25) is 4.90 Å². The van der Waals surface area contributed by atoms with Crippen LogP contribution >= 0.6 is 0 Å². The summed E-state index contributed by atoms with van der Waals surface area (Å²) in [5, 5.41) is 2.65. The van der Waals surface area contributed by atoms with Crippen LogP contribution in [0.1, 0.15) is 52.4 Å². The Morgan fingerprint density at radius 2 is 1.56 bits per heavy atom. The molecule has 2 nitrogen and oxygen atoms in total. The van der Waals surface area contributed by atoms with Crippen LogP contribution in [-0.2, 0) is 10.9 Å². The van der Waals surface area contributed by atoms with Gasteiger partial charge in [-0.25, -0.2) is 0 Å². The third kappa shape index (κ3) is 4.63. The van der Waals surface area contributed by atoms with Crippen molar-refractivity contribution in [2.75, 3.05) is 24.7 Å². The maximum absolute atomic E-state index is 6.20. The van der Waals surface area contributed by atoms with Crippen LogP contribution in [0.2, 0.25) is 0 Å². The van der Waals surface area contributed by atoms with Crippen LogP contribution in [0.3, 0.4) is 0 Å². The van der Waals surface area contributed by atoms with Crippen LogP contribution in [0, 0.1) is 0 Å². The van der Waals surface area contributed by atoms with E-state index in [1.165, 1.54) is 46.4 Å². The number of fused-ring (bicyclic) bond motifs is 1. The fourth-order valence-electron chi connectivity index (χ4n) is 3.27. The van der Waals surface area contributed by atoms with Gasteiger partial charge in [0, 0.05) is 16.3 Å². The molecule has 0 amide bonds. The van der Waals surface area contributed by atoms with Crippen molar-refractivity contribution in [3.05, 3.63) is 30.3 Å². The Bertz CT molecular complexity index is 672. The quantitative estimate of drug-likeness (QED) is 0.406. The van der Waals surface area contributed by atoms with Crippen molar-refractivity contribution in [3.8, 4) is 11.5 Å². The zero-order chi connectivity index (χ0) is 17.5. The lowest BCUT2D eigenvalue weighted by atomic mass is 10.1. The number of unbranched alkanes of at least 4 members (excludes halogenated alkanes) is 2. The average Bonchev–Trinajstić information content (AvgIpc) is 3.16. The monoisotopic (exact) mass is 359 g/mol. The molecule has 1 heterocycles. The summed E-state index contributed by atoms with van der Waals surface area (Å²) < 4.78 is 12.2. The zero-order valence-electron chi connectivity index (χ0n) is 15.7. The van der Waals surface area contributed by atoms with E-state index in [0.29, 0.717) is 10.9 Å². The van der Waals surface area contributed by atoms with E-state index in [9.17, 15) is 0 Å². The molecule has 0 N–H and O–H groups in total. The van der Waals surface area contributed by atoms with Crippen molar-refractivity contribution >= 4 is 21.7 Å². The van der Waals surface area contributed by atoms with E-state index in [4.69, 9.17) is 9.47 Å². The lowest BCUT2D eigenvalue weighted by Crippen LogP contribution is -2.09. The summed E-state index contributed by atoms with van der Waals surface area (Å²) in [7, 11) is 0.322. The molecule has 0 aromatic heterocycles. The van der Waals surface area contributed by atoms with Crippen LogP contribution in [-0.4, -0.2) is 24.7 Å². The van der Waals surface area contributed by atoms with E-state index in [2.05, 4.69) is 44.2 Å². The van der Waals surface area contributed by atoms with Crippen LogP contribution in [0.25, 0.3) is 10.8 Å². The molecule has 0 bridgehead atoms. The number of rotatable bonds is 9. The predicted molar refractivity (Wildman–Crippen MR) is 109 cm³/mol. The van der Waals surface area contributed by atoms with Gasteiger partial charge in [0.1, 0.15) is 17.3 Å². The molecule has 2 aromatic rings. The van der Waals surface area contributed by atoms with Gasteiger partial charge in [-0.05, 0) is 49.3 Å². The molecule has 1 aliphatic heterocycles. The maximum atomic E-state index is 6.20. The van der Waals surface area contributed by atoms with Gasteiger partial charge in [0.15, 0.2) is 5.75 Å². The van der Waals surface area contributed by atoms with E-state index >= 15 is 0 Å². The second kappa shape index (κ2) is 9.38. The standard InChI is InChI=1S/C22H31O2S/c1-3-5-13-23-19-11-9-18-10-12-21(24-14-6-4-2)22(20(18)17-19)25-15-7-8-16-25/h9-12,17H,3-8,13-16H2,1-2H3/q+1. The molecule has 0 unspecified atom stereocenters. The third-order valence-corrected chi connectivity index (χ3v) is 7.31. The normalized spacial score (nSPS) is 15.0. The highest BCUT2D eigenvalue weighted by Crippen LogP contribution is 2.38. The van der Waals surface area contributed by atoms with E-state index < -0.39 is 0 Å². The topological polar surface area (TPSA) is 18.5 Å².